The van der Waals surface area contributed by atoms with E-state index in [1.807, 2.05) is 66.2 Å². The summed E-state index contributed by atoms with van der Waals surface area (Å²) in [5, 5.41) is 11.4. The number of nitrogens with zero attached hydrogens (tertiary/aromatic N) is 4. The molecule has 2 aromatic heterocycles. The summed E-state index contributed by atoms with van der Waals surface area (Å²) >= 11 is 1.56. The summed E-state index contributed by atoms with van der Waals surface area (Å²) in [6.45, 7) is 0. The van der Waals surface area contributed by atoms with Crippen molar-refractivity contribution in [2.75, 3.05) is 20.5 Å². The van der Waals surface area contributed by atoms with Crippen LogP contribution in [0.2, 0.25) is 0 Å². The van der Waals surface area contributed by atoms with Gasteiger partial charge < -0.3 is 9.47 Å². The van der Waals surface area contributed by atoms with Crippen LogP contribution in [0.1, 0.15) is 23.6 Å². The molecule has 0 aliphatic carbocycles. The summed E-state index contributed by atoms with van der Waals surface area (Å²) in [5.41, 5.74) is 3.74. The number of hydrogen-bond donors (Lipinski definition) is 0. The van der Waals surface area contributed by atoms with Crippen molar-refractivity contribution in [3.63, 3.8) is 0 Å². The molecule has 1 aliphatic rings. The second-order valence-corrected chi connectivity index (χ2v) is 10.8. The Morgan fingerprint density at radius 1 is 1.03 bits per heavy atom. The highest BCUT2D eigenvalue weighted by atomic mass is 32.2. The van der Waals surface area contributed by atoms with E-state index >= 15 is 0 Å². The normalized spacial score (nSPS) is 15.8. The van der Waals surface area contributed by atoms with E-state index < -0.39 is 16.1 Å². The lowest BCUT2D eigenvalue weighted by Crippen LogP contribution is -2.26. The molecule has 10 heteroatoms. The molecule has 0 unspecified atom stereocenters. The van der Waals surface area contributed by atoms with Crippen LogP contribution in [0.5, 0.6) is 11.5 Å². The molecule has 0 N–H and O–H groups in total. The zero-order valence-electron chi connectivity index (χ0n) is 19.5. The summed E-state index contributed by atoms with van der Waals surface area (Å²) < 4.78 is 39.6. The van der Waals surface area contributed by atoms with E-state index in [9.17, 15) is 8.42 Å². The number of rotatable bonds is 7. The van der Waals surface area contributed by atoms with Crippen LogP contribution >= 0.6 is 11.3 Å². The molecule has 180 valence electrons. The summed E-state index contributed by atoms with van der Waals surface area (Å²) in [6, 6.07) is 18.5. The Hall–Kier alpha value is -3.63. The molecule has 1 aliphatic heterocycles. The van der Waals surface area contributed by atoms with Crippen molar-refractivity contribution in [3.05, 3.63) is 83.4 Å². The van der Waals surface area contributed by atoms with Crippen LogP contribution in [-0.4, -0.2) is 48.8 Å². The monoisotopic (exact) mass is 508 g/mol. The molecule has 5 rings (SSSR count). The molecular formula is C25H24N4O4S2. The fraction of sp³-hybridized carbons (Fsp3) is 0.200. The van der Waals surface area contributed by atoms with Gasteiger partial charge in [-0.25, -0.2) is 13.1 Å². The van der Waals surface area contributed by atoms with Crippen LogP contribution in [0.4, 0.5) is 0 Å². The van der Waals surface area contributed by atoms with Gasteiger partial charge in [-0.05, 0) is 35.7 Å². The van der Waals surface area contributed by atoms with Gasteiger partial charge in [-0.1, -0.05) is 24.3 Å². The zero-order valence-corrected chi connectivity index (χ0v) is 21.1. The third kappa shape index (κ3) is 4.42. The molecule has 0 saturated heterocycles. The molecule has 0 spiro atoms. The van der Waals surface area contributed by atoms with Gasteiger partial charge in [0.05, 0.1) is 42.8 Å². The topological polar surface area (TPSA) is 86.0 Å². The molecule has 3 heterocycles. The lowest BCUT2D eigenvalue weighted by Gasteiger charge is -2.20. The first-order valence-electron chi connectivity index (χ1n) is 10.9. The molecule has 0 radical (unpaired) electrons. The molecule has 0 bridgehead atoms. The minimum absolute atomic E-state index is 0.370. The van der Waals surface area contributed by atoms with Gasteiger partial charge in [0.25, 0.3) is 0 Å². The Morgan fingerprint density at radius 3 is 2.49 bits per heavy atom. The number of hydrazone groups is 1. The first kappa shape index (κ1) is 23.1. The minimum Gasteiger partial charge on any atom is -0.497 e. The number of benzene rings is 2. The summed E-state index contributed by atoms with van der Waals surface area (Å²) in [6.07, 6.45) is 3.44. The van der Waals surface area contributed by atoms with Crippen LogP contribution in [0, 0.1) is 0 Å². The fourth-order valence-electron chi connectivity index (χ4n) is 4.17. The van der Waals surface area contributed by atoms with Crippen molar-refractivity contribution in [2.24, 2.45) is 5.10 Å². The van der Waals surface area contributed by atoms with Crippen LogP contribution < -0.4 is 9.47 Å². The van der Waals surface area contributed by atoms with Crippen LogP contribution in [0.3, 0.4) is 0 Å². The summed E-state index contributed by atoms with van der Waals surface area (Å²) in [4.78, 5) is 0.957. The second-order valence-electron chi connectivity index (χ2n) is 8.06. The third-order valence-corrected chi connectivity index (χ3v) is 7.70. The molecule has 1 atom stereocenters. The zero-order chi connectivity index (χ0) is 24.6. The Labute approximate surface area is 208 Å². The van der Waals surface area contributed by atoms with E-state index in [1.165, 1.54) is 10.7 Å². The largest absolute Gasteiger partial charge is 0.497 e. The van der Waals surface area contributed by atoms with E-state index in [1.54, 1.807) is 36.3 Å². The van der Waals surface area contributed by atoms with E-state index in [2.05, 4.69) is 5.10 Å². The minimum atomic E-state index is -3.67. The number of para-hydroxylation sites is 1. The van der Waals surface area contributed by atoms with Gasteiger partial charge in [0.2, 0.25) is 10.0 Å². The second kappa shape index (κ2) is 9.20. The molecule has 2 aromatic carbocycles. The maximum Gasteiger partial charge on any atom is 0.247 e. The number of thiophene rings is 1. The van der Waals surface area contributed by atoms with Gasteiger partial charge in [-0.15, -0.1) is 11.3 Å². The van der Waals surface area contributed by atoms with Gasteiger partial charge in [-0.2, -0.15) is 14.6 Å². The predicted molar refractivity (Wildman–Crippen MR) is 137 cm³/mol. The maximum absolute atomic E-state index is 12.9. The Balaban J connectivity index is 1.63. The quantitative estimate of drug-likeness (QED) is 0.360. The number of methoxy groups -OCH3 is 2. The van der Waals surface area contributed by atoms with E-state index in [4.69, 9.17) is 14.6 Å². The molecule has 35 heavy (non-hydrogen) atoms. The van der Waals surface area contributed by atoms with E-state index in [0.717, 1.165) is 27.4 Å². The van der Waals surface area contributed by atoms with Crippen LogP contribution in [0.25, 0.3) is 16.3 Å². The molecule has 4 aromatic rings. The van der Waals surface area contributed by atoms with Gasteiger partial charge in [0.1, 0.15) is 17.2 Å². The molecule has 0 fully saturated rings. The molecular weight excluding hydrogens is 484 g/mol. The molecule has 0 saturated carbocycles. The van der Waals surface area contributed by atoms with Crippen molar-refractivity contribution in [3.8, 4) is 27.8 Å². The first-order valence-corrected chi connectivity index (χ1v) is 13.6. The lowest BCUT2D eigenvalue weighted by molar-refractivity contribution is 0.375. The Kier molecular flexibility index (Phi) is 6.08. The van der Waals surface area contributed by atoms with Crippen molar-refractivity contribution in [2.45, 2.75) is 12.5 Å². The van der Waals surface area contributed by atoms with Gasteiger partial charge >= 0.3 is 0 Å². The molecule has 0 amide bonds. The fourth-order valence-corrected chi connectivity index (χ4v) is 5.80. The van der Waals surface area contributed by atoms with Crippen molar-refractivity contribution >= 4 is 27.1 Å². The smallest absolute Gasteiger partial charge is 0.247 e. The van der Waals surface area contributed by atoms with Crippen molar-refractivity contribution in [1.29, 1.82) is 0 Å². The van der Waals surface area contributed by atoms with E-state index in [0.29, 0.717) is 23.6 Å². The van der Waals surface area contributed by atoms with Crippen LogP contribution in [-0.2, 0) is 10.0 Å². The highest BCUT2D eigenvalue weighted by Gasteiger charge is 2.38. The summed E-state index contributed by atoms with van der Waals surface area (Å²) in [7, 11) is -0.517. The highest BCUT2D eigenvalue weighted by Crippen LogP contribution is 2.41. The maximum atomic E-state index is 12.9. The summed E-state index contributed by atoms with van der Waals surface area (Å²) in [5.74, 6) is 1.21. The standard InChI is InChI=1S/C25H24N4O4S2/c1-32-18-11-12-19(23(14-18)33-2)21-15-22(29(26-21)35(3,30)31)20-16-28(17-8-5-4-6-9-17)27-25(20)24-10-7-13-34-24/h4-14,16,22H,15H2,1-3H3/t22-/m0/s1. The first-order chi connectivity index (χ1) is 16.9. The van der Waals surface area contributed by atoms with Crippen molar-refractivity contribution in [1.82, 2.24) is 14.2 Å². The Morgan fingerprint density at radius 2 is 1.83 bits per heavy atom. The van der Waals surface area contributed by atoms with E-state index in [-0.39, 0.29) is 0 Å². The van der Waals surface area contributed by atoms with Crippen molar-refractivity contribution < 1.29 is 17.9 Å². The Bertz CT molecular complexity index is 1480. The third-order valence-electron chi connectivity index (χ3n) is 5.81. The number of aromatic nitrogens is 2. The SMILES string of the molecule is COc1ccc(C2=NN(S(C)(=O)=O)[C@H](c3cn(-c4ccccc4)nc3-c3cccs3)C2)c(OC)c1. The average Bonchev–Trinajstić information content (AvgIpc) is 3.62. The number of sulfonamides is 1. The lowest BCUT2D eigenvalue weighted by atomic mass is 9.98. The highest BCUT2D eigenvalue weighted by molar-refractivity contribution is 7.88. The van der Waals surface area contributed by atoms with Gasteiger partial charge in [0, 0.05) is 29.8 Å². The molecule has 8 nitrogen and oxygen atoms in total. The average molecular weight is 509 g/mol. The number of hydrogen-bond acceptors (Lipinski definition) is 7. The van der Waals surface area contributed by atoms with Crippen LogP contribution in [0.15, 0.2) is 77.3 Å². The predicted octanol–water partition coefficient (Wildman–Crippen LogP) is 4.73. The van der Waals surface area contributed by atoms with Gasteiger partial charge in [0.15, 0.2) is 0 Å². The number of ether oxygens (including phenoxy) is 2. The van der Waals surface area contributed by atoms with Gasteiger partial charge in [-0.3, -0.25) is 0 Å².